The summed E-state index contributed by atoms with van der Waals surface area (Å²) in [5, 5.41) is 9.64. The fourth-order valence-electron chi connectivity index (χ4n) is 3.54. The molecule has 0 aromatic heterocycles. The van der Waals surface area contributed by atoms with E-state index < -0.39 is 17.9 Å². The van der Waals surface area contributed by atoms with Crippen LogP contribution >= 0.6 is 0 Å². The van der Waals surface area contributed by atoms with Crippen LogP contribution in [0.3, 0.4) is 0 Å². The zero-order valence-corrected chi connectivity index (χ0v) is 18.5. The Morgan fingerprint density at radius 2 is 1.29 bits per heavy atom. The quantitative estimate of drug-likeness (QED) is 0.428. The summed E-state index contributed by atoms with van der Waals surface area (Å²) in [4.78, 5) is 11.8. The number of carboxylic acid groups (broad SMARTS) is 1. The third kappa shape index (κ3) is 5.78. The standard InChI is InChI=1S/C28H25FO5/c29-28(34-20-23-14-8-3-9-15-23)25(32-18-21-10-4-1-5-11-21)16-24(27(30)31)17-26(28)33-19-22-12-6-2-7-13-22/h1-17,25H,18-20H2,(H,30,31). The molecule has 34 heavy (non-hydrogen) atoms. The molecule has 174 valence electrons. The van der Waals surface area contributed by atoms with E-state index >= 15 is 4.39 Å². The smallest absolute Gasteiger partial charge is 0.335 e. The maximum atomic E-state index is 16.7. The lowest BCUT2D eigenvalue weighted by Gasteiger charge is -2.36. The van der Waals surface area contributed by atoms with Crippen LogP contribution in [0.25, 0.3) is 0 Å². The Kier molecular flexibility index (Phi) is 7.52. The molecule has 0 radical (unpaired) electrons. The minimum Gasteiger partial charge on any atom is -0.487 e. The Bertz CT molecular complexity index is 1150. The molecular formula is C28H25FO5. The van der Waals surface area contributed by atoms with Crippen molar-refractivity contribution in [2.75, 3.05) is 0 Å². The number of carboxylic acids is 1. The highest BCUT2D eigenvalue weighted by Gasteiger charge is 2.49. The van der Waals surface area contributed by atoms with Crippen molar-refractivity contribution in [3.63, 3.8) is 0 Å². The van der Waals surface area contributed by atoms with Crippen LogP contribution < -0.4 is 0 Å². The summed E-state index contributed by atoms with van der Waals surface area (Å²) in [5.41, 5.74) is 2.26. The number of aliphatic carboxylic acids is 1. The SMILES string of the molecule is O=C(O)C1=CC(OCc2ccccc2)C(F)(OCc2ccccc2)C(OCc2ccccc2)=C1. The number of carbonyl (C=O) groups is 1. The largest absolute Gasteiger partial charge is 0.487 e. The van der Waals surface area contributed by atoms with Crippen molar-refractivity contribution in [3.05, 3.63) is 131 Å². The van der Waals surface area contributed by atoms with Crippen molar-refractivity contribution in [1.29, 1.82) is 0 Å². The van der Waals surface area contributed by atoms with Gasteiger partial charge >= 0.3 is 5.97 Å². The molecule has 5 nitrogen and oxygen atoms in total. The molecule has 0 bridgehead atoms. The summed E-state index contributed by atoms with van der Waals surface area (Å²) in [6.45, 7) is 0.0669. The first-order valence-electron chi connectivity index (χ1n) is 10.9. The zero-order valence-electron chi connectivity index (χ0n) is 18.5. The monoisotopic (exact) mass is 460 g/mol. The second kappa shape index (κ2) is 10.9. The van der Waals surface area contributed by atoms with E-state index in [2.05, 4.69) is 0 Å². The molecule has 0 aliphatic heterocycles. The predicted octanol–water partition coefficient (Wildman–Crippen LogP) is 5.58. The molecule has 0 saturated carbocycles. The van der Waals surface area contributed by atoms with E-state index in [1.165, 1.54) is 12.2 Å². The summed E-state index contributed by atoms with van der Waals surface area (Å²) >= 11 is 0. The number of halogens is 1. The number of alkyl halides is 1. The molecule has 3 aromatic carbocycles. The van der Waals surface area contributed by atoms with Crippen molar-refractivity contribution in [2.45, 2.75) is 31.8 Å². The molecule has 0 saturated heterocycles. The van der Waals surface area contributed by atoms with Crippen LogP contribution in [0, 0.1) is 0 Å². The van der Waals surface area contributed by atoms with Crippen LogP contribution in [-0.2, 0) is 38.8 Å². The van der Waals surface area contributed by atoms with Crippen molar-refractivity contribution in [3.8, 4) is 0 Å². The number of benzene rings is 3. The lowest BCUT2D eigenvalue weighted by molar-refractivity contribution is -0.216. The average molecular weight is 461 g/mol. The van der Waals surface area contributed by atoms with Gasteiger partial charge in [-0.2, -0.15) is 4.39 Å². The summed E-state index contributed by atoms with van der Waals surface area (Å²) in [6.07, 6.45) is 1.06. The van der Waals surface area contributed by atoms with Gasteiger partial charge in [0.1, 0.15) is 12.7 Å². The fraction of sp³-hybridized carbons (Fsp3) is 0.179. The van der Waals surface area contributed by atoms with Gasteiger partial charge in [0.05, 0.1) is 18.8 Å². The van der Waals surface area contributed by atoms with Gasteiger partial charge < -0.3 is 19.3 Å². The summed E-state index contributed by atoms with van der Waals surface area (Å²) in [5.74, 6) is -3.98. The van der Waals surface area contributed by atoms with Crippen LogP contribution in [0.5, 0.6) is 0 Å². The van der Waals surface area contributed by atoms with E-state index in [0.29, 0.717) is 0 Å². The molecule has 0 spiro atoms. The fourth-order valence-corrected chi connectivity index (χ4v) is 3.54. The van der Waals surface area contributed by atoms with Crippen LogP contribution in [0.15, 0.2) is 114 Å². The summed E-state index contributed by atoms with van der Waals surface area (Å²) in [6, 6.07) is 27.6. The zero-order chi connectivity index (χ0) is 23.8. The molecule has 1 N–H and O–H groups in total. The van der Waals surface area contributed by atoms with E-state index in [-0.39, 0.29) is 31.2 Å². The van der Waals surface area contributed by atoms with E-state index in [9.17, 15) is 9.90 Å². The number of rotatable bonds is 10. The number of hydrogen-bond donors (Lipinski definition) is 1. The second-order valence-corrected chi connectivity index (χ2v) is 7.85. The minimum absolute atomic E-state index is 0.0470. The lowest BCUT2D eigenvalue weighted by atomic mass is 9.97. The first-order chi connectivity index (χ1) is 16.5. The molecule has 0 amide bonds. The molecule has 3 aromatic rings. The van der Waals surface area contributed by atoms with Crippen LogP contribution in [0.2, 0.25) is 0 Å². The van der Waals surface area contributed by atoms with Crippen molar-refractivity contribution in [2.24, 2.45) is 0 Å². The average Bonchev–Trinajstić information content (AvgIpc) is 2.88. The normalized spacial score (nSPS) is 19.7. The Morgan fingerprint density at radius 1 is 0.794 bits per heavy atom. The van der Waals surface area contributed by atoms with Crippen molar-refractivity contribution < 1.29 is 28.5 Å². The molecule has 2 unspecified atom stereocenters. The Labute approximate surface area is 197 Å². The topological polar surface area (TPSA) is 65.0 Å². The maximum Gasteiger partial charge on any atom is 0.335 e. The van der Waals surface area contributed by atoms with Gasteiger partial charge in [-0.05, 0) is 28.8 Å². The number of ether oxygens (including phenoxy) is 3. The van der Waals surface area contributed by atoms with Crippen LogP contribution in [0.4, 0.5) is 4.39 Å². The Morgan fingerprint density at radius 3 is 1.82 bits per heavy atom. The van der Waals surface area contributed by atoms with Crippen molar-refractivity contribution >= 4 is 5.97 Å². The van der Waals surface area contributed by atoms with Gasteiger partial charge in [0.15, 0.2) is 5.76 Å². The first kappa shape index (κ1) is 23.4. The molecule has 0 heterocycles. The van der Waals surface area contributed by atoms with Gasteiger partial charge in [0.25, 0.3) is 5.85 Å². The molecule has 6 heteroatoms. The molecular weight excluding hydrogens is 435 g/mol. The molecule has 4 rings (SSSR count). The van der Waals surface area contributed by atoms with E-state index in [0.717, 1.165) is 16.7 Å². The van der Waals surface area contributed by atoms with E-state index in [1.807, 2.05) is 91.0 Å². The Balaban J connectivity index is 1.62. The second-order valence-electron chi connectivity index (χ2n) is 7.85. The Hall–Kier alpha value is -3.74. The van der Waals surface area contributed by atoms with Crippen molar-refractivity contribution in [1.82, 2.24) is 0 Å². The molecule has 1 aliphatic carbocycles. The molecule has 2 atom stereocenters. The van der Waals surface area contributed by atoms with Gasteiger partial charge in [-0.25, -0.2) is 4.79 Å². The highest BCUT2D eigenvalue weighted by atomic mass is 19.2. The third-order valence-electron chi connectivity index (χ3n) is 5.37. The van der Waals surface area contributed by atoms with Crippen LogP contribution in [0.1, 0.15) is 16.7 Å². The van der Waals surface area contributed by atoms with Crippen LogP contribution in [-0.4, -0.2) is 23.0 Å². The van der Waals surface area contributed by atoms with Gasteiger partial charge in [0, 0.05) is 0 Å². The highest BCUT2D eigenvalue weighted by Crippen LogP contribution is 2.38. The summed E-state index contributed by atoms with van der Waals surface area (Å²) in [7, 11) is 0. The maximum absolute atomic E-state index is 16.7. The predicted molar refractivity (Wildman–Crippen MR) is 125 cm³/mol. The number of hydrogen-bond acceptors (Lipinski definition) is 4. The summed E-state index contributed by atoms with van der Waals surface area (Å²) < 4.78 is 34.1. The minimum atomic E-state index is -2.53. The van der Waals surface area contributed by atoms with Gasteiger partial charge in [-0.1, -0.05) is 91.0 Å². The van der Waals surface area contributed by atoms with E-state index in [1.54, 1.807) is 0 Å². The first-order valence-corrected chi connectivity index (χ1v) is 10.9. The van der Waals surface area contributed by atoms with Gasteiger partial charge in [-0.15, -0.1) is 0 Å². The highest BCUT2D eigenvalue weighted by molar-refractivity contribution is 5.90. The van der Waals surface area contributed by atoms with Gasteiger partial charge in [-0.3, -0.25) is 0 Å². The van der Waals surface area contributed by atoms with E-state index in [4.69, 9.17) is 14.2 Å². The molecule has 1 aliphatic rings. The molecule has 0 fully saturated rings. The lowest BCUT2D eigenvalue weighted by Crippen LogP contribution is -2.46. The van der Waals surface area contributed by atoms with Gasteiger partial charge in [0.2, 0.25) is 0 Å². The third-order valence-corrected chi connectivity index (χ3v) is 5.37.